The molecule has 0 spiro atoms. The van der Waals surface area contributed by atoms with E-state index in [4.69, 9.17) is 9.88 Å². The first-order valence-corrected chi connectivity index (χ1v) is 8.43. The number of amides is 2. The van der Waals surface area contributed by atoms with Crippen LogP contribution in [-0.4, -0.2) is 45.1 Å². The minimum absolute atomic E-state index is 0.0553. The fourth-order valence-electron chi connectivity index (χ4n) is 1.59. The third-order valence-corrected chi connectivity index (χ3v) is 3.66. The summed E-state index contributed by atoms with van der Waals surface area (Å²) in [6.45, 7) is 5.87. The maximum Gasteiger partial charge on any atom is 0.317 e. The number of nitrogens with zero attached hydrogens (tertiary/aromatic N) is 1. The van der Waals surface area contributed by atoms with E-state index in [1.807, 2.05) is 20.8 Å². The van der Waals surface area contributed by atoms with Crippen molar-refractivity contribution < 1.29 is 22.3 Å². The number of urea groups is 1. The summed E-state index contributed by atoms with van der Waals surface area (Å²) in [5.74, 6) is -0.944. The normalized spacial score (nSPS) is 11.9. The molecule has 0 heterocycles. The van der Waals surface area contributed by atoms with Gasteiger partial charge in [-0.25, -0.2) is 22.7 Å². The molecule has 0 unspecified atom stereocenters. The highest BCUT2D eigenvalue weighted by molar-refractivity contribution is 7.89. The number of benzene rings is 1. The quantitative estimate of drug-likeness (QED) is 0.838. The van der Waals surface area contributed by atoms with Crippen LogP contribution in [0.1, 0.15) is 20.8 Å². The van der Waals surface area contributed by atoms with Gasteiger partial charge in [-0.1, -0.05) is 0 Å². The number of rotatable bonds is 5. The molecule has 23 heavy (non-hydrogen) atoms. The zero-order chi connectivity index (χ0) is 17.8. The van der Waals surface area contributed by atoms with E-state index in [0.29, 0.717) is 0 Å². The van der Waals surface area contributed by atoms with E-state index in [9.17, 15) is 17.6 Å². The molecule has 0 fully saturated rings. The lowest BCUT2D eigenvalue weighted by atomic mass is 10.1. The van der Waals surface area contributed by atoms with Crippen LogP contribution >= 0.6 is 0 Å². The van der Waals surface area contributed by atoms with Crippen LogP contribution in [0.5, 0.6) is 5.75 Å². The fraction of sp³-hybridized carbons (Fsp3) is 0.500. The molecule has 0 saturated carbocycles. The molecule has 0 radical (unpaired) electrons. The van der Waals surface area contributed by atoms with E-state index >= 15 is 0 Å². The van der Waals surface area contributed by atoms with Crippen molar-refractivity contribution in [1.82, 2.24) is 10.2 Å². The SMILES string of the molecule is CN(CCOc1ccc(S(N)(=O)=O)cc1F)C(=O)NC(C)(C)C. The molecule has 7 nitrogen and oxygen atoms in total. The monoisotopic (exact) mass is 347 g/mol. The van der Waals surface area contributed by atoms with Gasteiger partial charge in [-0.2, -0.15) is 0 Å². The van der Waals surface area contributed by atoms with Crippen molar-refractivity contribution in [3.63, 3.8) is 0 Å². The predicted molar refractivity (Wildman–Crippen MR) is 84.2 cm³/mol. The van der Waals surface area contributed by atoms with Gasteiger partial charge in [0.1, 0.15) is 6.61 Å². The first-order chi connectivity index (χ1) is 10.4. The second-order valence-electron chi connectivity index (χ2n) is 6.09. The van der Waals surface area contributed by atoms with Crippen molar-refractivity contribution in [2.75, 3.05) is 20.2 Å². The minimum atomic E-state index is -3.96. The van der Waals surface area contributed by atoms with Gasteiger partial charge in [0.05, 0.1) is 11.4 Å². The highest BCUT2D eigenvalue weighted by Crippen LogP contribution is 2.20. The van der Waals surface area contributed by atoms with Crippen molar-refractivity contribution in [1.29, 1.82) is 0 Å². The maximum atomic E-state index is 13.7. The number of carbonyl (C=O) groups excluding carboxylic acids is 1. The molecule has 2 amide bonds. The lowest BCUT2D eigenvalue weighted by Gasteiger charge is -2.25. The maximum absolute atomic E-state index is 13.7. The van der Waals surface area contributed by atoms with E-state index in [2.05, 4.69) is 5.32 Å². The van der Waals surface area contributed by atoms with Crippen LogP contribution in [0, 0.1) is 5.82 Å². The Kier molecular flexibility index (Phi) is 5.95. The van der Waals surface area contributed by atoms with Crippen molar-refractivity contribution in [3.05, 3.63) is 24.0 Å². The molecule has 0 aliphatic rings. The number of hydrogen-bond donors (Lipinski definition) is 2. The average molecular weight is 347 g/mol. The summed E-state index contributed by atoms with van der Waals surface area (Å²) in [7, 11) is -2.37. The van der Waals surface area contributed by atoms with Gasteiger partial charge in [-0.15, -0.1) is 0 Å². The van der Waals surface area contributed by atoms with Gasteiger partial charge < -0.3 is 15.0 Å². The van der Waals surface area contributed by atoms with Crippen molar-refractivity contribution in [3.8, 4) is 5.75 Å². The fourth-order valence-corrected chi connectivity index (χ4v) is 2.11. The number of hydrogen-bond acceptors (Lipinski definition) is 4. The summed E-state index contributed by atoms with van der Waals surface area (Å²) in [4.78, 5) is 12.9. The lowest BCUT2D eigenvalue weighted by molar-refractivity contribution is 0.186. The highest BCUT2D eigenvalue weighted by atomic mass is 32.2. The molecule has 0 aliphatic heterocycles. The molecule has 0 saturated heterocycles. The number of carbonyl (C=O) groups is 1. The molecule has 1 aromatic rings. The smallest absolute Gasteiger partial charge is 0.317 e. The number of halogens is 1. The Hall–Kier alpha value is -1.87. The van der Waals surface area contributed by atoms with Crippen LogP contribution < -0.4 is 15.2 Å². The van der Waals surface area contributed by atoms with Gasteiger partial charge in [0, 0.05) is 12.6 Å². The van der Waals surface area contributed by atoms with Crippen LogP contribution in [0.4, 0.5) is 9.18 Å². The minimum Gasteiger partial charge on any atom is -0.489 e. The molecule has 1 rings (SSSR count). The van der Waals surface area contributed by atoms with Crippen molar-refractivity contribution >= 4 is 16.1 Å². The molecule has 0 bridgehead atoms. The Morgan fingerprint density at radius 2 is 2.00 bits per heavy atom. The average Bonchev–Trinajstić information content (AvgIpc) is 2.37. The van der Waals surface area contributed by atoms with Crippen molar-refractivity contribution in [2.24, 2.45) is 5.14 Å². The van der Waals surface area contributed by atoms with Gasteiger partial charge in [-0.05, 0) is 39.0 Å². The van der Waals surface area contributed by atoms with Crippen LogP contribution in [0.2, 0.25) is 0 Å². The number of ether oxygens (including phenoxy) is 1. The predicted octanol–water partition coefficient (Wildman–Crippen LogP) is 1.29. The number of primary sulfonamides is 1. The van der Waals surface area contributed by atoms with E-state index in [0.717, 1.165) is 12.1 Å². The van der Waals surface area contributed by atoms with E-state index in [-0.39, 0.29) is 35.4 Å². The molecule has 3 N–H and O–H groups in total. The number of sulfonamides is 1. The van der Waals surface area contributed by atoms with Gasteiger partial charge in [0.15, 0.2) is 11.6 Å². The second-order valence-corrected chi connectivity index (χ2v) is 7.65. The summed E-state index contributed by atoms with van der Waals surface area (Å²) in [6, 6.07) is 2.86. The number of nitrogens with one attached hydrogen (secondary N) is 1. The van der Waals surface area contributed by atoms with Crippen LogP contribution in [0.25, 0.3) is 0 Å². The zero-order valence-electron chi connectivity index (χ0n) is 13.6. The van der Waals surface area contributed by atoms with Crippen LogP contribution in [0.3, 0.4) is 0 Å². The highest BCUT2D eigenvalue weighted by Gasteiger charge is 2.17. The third kappa shape index (κ3) is 6.41. The standard InChI is InChI=1S/C14H22FN3O4S/c1-14(2,3)17-13(19)18(4)7-8-22-12-6-5-10(9-11(12)15)23(16,20)21/h5-6,9H,7-8H2,1-4H3,(H,17,19)(H2,16,20,21). The molecule has 1 aromatic carbocycles. The third-order valence-electron chi connectivity index (χ3n) is 2.74. The Morgan fingerprint density at radius 3 is 2.48 bits per heavy atom. The van der Waals surface area contributed by atoms with E-state index < -0.39 is 15.8 Å². The summed E-state index contributed by atoms with van der Waals surface area (Å²) in [5.41, 5.74) is -0.359. The topological polar surface area (TPSA) is 102 Å². The molecule has 130 valence electrons. The first kappa shape index (κ1) is 19.2. The van der Waals surface area contributed by atoms with Gasteiger partial charge in [0.2, 0.25) is 10.0 Å². The summed E-state index contributed by atoms with van der Waals surface area (Å²) in [6.07, 6.45) is 0. The molecular formula is C14H22FN3O4S. The van der Waals surface area contributed by atoms with E-state index in [1.165, 1.54) is 11.0 Å². The molecular weight excluding hydrogens is 325 g/mol. The lowest BCUT2D eigenvalue weighted by Crippen LogP contribution is -2.48. The van der Waals surface area contributed by atoms with E-state index in [1.54, 1.807) is 7.05 Å². The summed E-state index contributed by atoms with van der Waals surface area (Å²) < 4.78 is 41.2. The zero-order valence-corrected chi connectivity index (χ0v) is 14.4. The van der Waals surface area contributed by atoms with Gasteiger partial charge in [0.25, 0.3) is 0 Å². The van der Waals surface area contributed by atoms with Crippen LogP contribution in [-0.2, 0) is 10.0 Å². The Labute approximate surface area is 135 Å². The first-order valence-electron chi connectivity index (χ1n) is 6.88. The molecule has 0 aromatic heterocycles. The number of likely N-dealkylation sites (N-methyl/N-ethyl adjacent to an activating group) is 1. The molecule has 9 heteroatoms. The van der Waals surface area contributed by atoms with Gasteiger partial charge in [-0.3, -0.25) is 0 Å². The summed E-state index contributed by atoms with van der Waals surface area (Å²) in [5, 5.41) is 7.69. The van der Waals surface area contributed by atoms with Crippen LogP contribution in [0.15, 0.2) is 23.1 Å². The van der Waals surface area contributed by atoms with Gasteiger partial charge >= 0.3 is 6.03 Å². The number of nitrogens with two attached hydrogens (primary N) is 1. The largest absolute Gasteiger partial charge is 0.489 e. The summed E-state index contributed by atoms with van der Waals surface area (Å²) >= 11 is 0. The Balaban J connectivity index is 2.58. The molecule has 0 aliphatic carbocycles. The second kappa shape index (κ2) is 7.14. The Morgan fingerprint density at radius 1 is 1.39 bits per heavy atom. The Bertz CT molecular complexity index is 671. The molecule has 0 atom stereocenters. The van der Waals surface area contributed by atoms with Crippen molar-refractivity contribution in [2.45, 2.75) is 31.2 Å².